The van der Waals surface area contributed by atoms with E-state index in [2.05, 4.69) is 17.4 Å². The Morgan fingerprint density at radius 1 is 1.38 bits per heavy atom. The number of anilines is 1. The first kappa shape index (κ1) is 8.10. The van der Waals surface area contributed by atoms with Gasteiger partial charge in [-0.2, -0.15) is 0 Å². The number of nitrogens with zero attached hydrogens (tertiary/aromatic N) is 1. The highest BCUT2D eigenvalue weighted by molar-refractivity contribution is 5.87. The zero-order valence-electron chi connectivity index (χ0n) is 7.58. The van der Waals surface area contributed by atoms with Crippen LogP contribution in [0.5, 0.6) is 0 Å². The fourth-order valence-corrected chi connectivity index (χ4v) is 1.26. The minimum Gasteiger partial charge on any atom is -0.367 e. The molecule has 1 N–H and O–H groups in total. The number of hydrogen-bond donors (Lipinski definition) is 1. The van der Waals surface area contributed by atoms with E-state index in [1.165, 1.54) is 0 Å². The maximum atomic E-state index is 5.13. The molecule has 1 aromatic carbocycles. The van der Waals surface area contributed by atoms with Crippen molar-refractivity contribution in [3.8, 4) is 0 Å². The number of para-hydroxylation sites is 1. The summed E-state index contributed by atoms with van der Waals surface area (Å²) in [6.45, 7) is 3.05. The molecule has 13 heavy (non-hydrogen) atoms. The quantitative estimate of drug-likeness (QED) is 0.781. The topological polar surface area (TPSA) is 38.1 Å². The van der Waals surface area contributed by atoms with Gasteiger partial charge in [0.2, 0.25) is 0 Å². The number of aromatic nitrogens is 1. The Labute approximate surface area is 76.7 Å². The largest absolute Gasteiger partial charge is 0.367 e. The summed E-state index contributed by atoms with van der Waals surface area (Å²) in [5.41, 5.74) is 0.834. The van der Waals surface area contributed by atoms with Crippen LogP contribution in [0.25, 0.3) is 11.0 Å². The molecule has 0 aliphatic carbocycles. The Morgan fingerprint density at radius 2 is 2.23 bits per heavy atom. The molecule has 2 aromatic rings. The van der Waals surface area contributed by atoms with Gasteiger partial charge in [-0.3, -0.25) is 0 Å². The molecule has 3 nitrogen and oxygen atoms in total. The lowest BCUT2D eigenvalue weighted by Crippen LogP contribution is -1.99. The highest BCUT2D eigenvalue weighted by Crippen LogP contribution is 2.21. The van der Waals surface area contributed by atoms with E-state index in [1.54, 1.807) is 0 Å². The molecule has 0 radical (unpaired) electrons. The second-order valence-electron chi connectivity index (χ2n) is 2.95. The van der Waals surface area contributed by atoms with Crippen LogP contribution in [0.15, 0.2) is 28.8 Å². The van der Waals surface area contributed by atoms with Crippen LogP contribution in [0.4, 0.5) is 5.82 Å². The molecule has 0 fully saturated rings. The van der Waals surface area contributed by atoms with Crippen molar-refractivity contribution in [3.63, 3.8) is 0 Å². The average molecular weight is 176 g/mol. The van der Waals surface area contributed by atoms with Crippen molar-refractivity contribution >= 4 is 16.8 Å². The minimum atomic E-state index is 0.834. The van der Waals surface area contributed by atoms with Crippen molar-refractivity contribution in [1.82, 2.24) is 5.16 Å². The van der Waals surface area contributed by atoms with Gasteiger partial charge >= 0.3 is 0 Å². The van der Waals surface area contributed by atoms with Crippen molar-refractivity contribution in [2.75, 3.05) is 11.9 Å². The molecule has 0 unspecified atom stereocenters. The Kier molecular flexibility index (Phi) is 2.17. The summed E-state index contributed by atoms with van der Waals surface area (Å²) < 4.78 is 5.13. The van der Waals surface area contributed by atoms with Crippen LogP contribution in [0.2, 0.25) is 0 Å². The smallest absolute Gasteiger partial charge is 0.177 e. The maximum absolute atomic E-state index is 5.13. The van der Waals surface area contributed by atoms with Gasteiger partial charge in [-0.25, -0.2) is 0 Å². The molecular weight excluding hydrogens is 164 g/mol. The second kappa shape index (κ2) is 3.47. The lowest BCUT2D eigenvalue weighted by molar-refractivity contribution is 0.459. The van der Waals surface area contributed by atoms with Gasteiger partial charge in [0.25, 0.3) is 0 Å². The zero-order chi connectivity index (χ0) is 9.10. The minimum absolute atomic E-state index is 0.834. The third-order valence-corrected chi connectivity index (χ3v) is 1.92. The summed E-state index contributed by atoms with van der Waals surface area (Å²) in [6, 6.07) is 7.84. The number of benzene rings is 1. The van der Waals surface area contributed by atoms with E-state index in [9.17, 15) is 0 Å². The van der Waals surface area contributed by atoms with Crippen LogP contribution in [-0.4, -0.2) is 11.7 Å². The summed E-state index contributed by atoms with van der Waals surface area (Å²) >= 11 is 0. The molecule has 1 aromatic heterocycles. The lowest BCUT2D eigenvalue weighted by Gasteiger charge is -1.97. The van der Waals surface area contributed by atoms with Gasteiger partial charge in [-0.15, -0.1) is 0 Å². The fourth-order valence-electron chi connectivity index (χ4n) is 1.26. The third kappa shape index (κ3) is 1.49. The van der Waals surface area contributed by atoms with E-state index < -0.39 is 0 Å². The van der Waals surface area contributed by atoms with Gasteiger partial charge in [0.05, 0.1) is 5.39 Å². The molecule has 0 atom stereocenters. The molecule has 0 bridgehead atoms. The molecule has 0 saturated carbocycles. The molecule has 3 heteroatoms. The summed E-state index contributed by atoms with van der Waals surface area (Å²) in [5.74, 6) is 0.845. The van der Waals surface area contributed by atoms with Gasteiger partial charge in [-0.05, 0) is 18.6 Å². The highest BCUT2D eigenvalue weighted by atomic mass is 16.5. The summed E-state index contributed by atoms with van der Waals surface area (Å²) in [7, 11) is 0. The van der Waals surface area contributed by atoms with Crippen molar-refractivity contribution in [2.24, 2.45) is 0 Å². The predicted octanol–water partition coefficient (Wildman–Crippen LogP) is 2.65. The van der Waals surface area contributed by atoms with E-state index >= 15 is 0 Å². The number of nitrogens with one attached hydrogen (secondary N) is 1. The first-order valence-corrected chi connectivity index (χ1v) is 4.50. The van der Waals surface area contributed by atoms with E-state index in [0.717, 1.165) is 29.8 Å². The Hall–Kier alpha value is -1.51. The molecule has 0 amide bonds. The molecular formula is C10H12N2O. The second-order valence-corrected chi connectivity index (χ2v) is 2.95. The third-order valence-electron chi connectivity index (χ3n) is 1.92. The van der Waals surface area contributed by atoms with E-state index in [0.29, 0.717) is 0 Å². The van der Waals surface area contributed by atoms with Crippen LogP contribution >= 0.6 is 0 Å². The van der Waals surface area contributed by atoms with Gasteiger partial charge in [0.1, 0.15) is 0 Å². The predicted molar refractivity (Wildman–Crippen MR) is 52.8 cm³/mol. The van der Waals surface area contributed by atoms with E-state index in [-0.39, 0.29) is 0 Å². The fraction of sp³-hybridized carbons (Fsp3) is 0.300. The monoisotopic (exact) mass is 176 g/mol. The van der Waals surface area contributed by atoms with Crippen molar-refractivity contribution in [3.05, 3.63) is 24.3 Å². The van der Waals surface area contributed by atoms with Crippen molar-refractivity contribution in [2.45, 2.75) is 13.3 Å². The van der Waals surface area contributed by atoms with Crippen LogP contribution in [0.1, 0.15) is 13.3 Å². The normalized spacial score (nSPS) is 10.5. The van der Waals surface area contributed by atoms with Gasteiger partial charge in [-0.1, -0.05) is 24.2 Å². The number of rotatable bonds is 3. The van der Waals surface area contributed by atoms with Gasteiger partial charge < -0.3 is 9.84 Å². The molecule has 0 aliphatic heterocycles. The van der Waals surface area contributed by atoms with Crippen LogP contribution < -0.4 is 5.32 Å². The van der Waals surface area contributed by atoms with E-state index in [1.807, 2.05) is 24.3 Å². The van der Waals surface area contributed by atoms with Crippen LogP contribution in [-0.2, 0) is 0 Å². The first-order valence-electron chi connectivity index (χ1n) is 4.50. The van der Waals surface area contributed by atoms with Crippen LogP contribution in [0.3, 0.4) is 0 Å². The Morgan fingerprint density at radius 3 is 3.08 bits per heavy atom. The first-order chi connectivity index (χ1) is 6.42. The molecule has 0 spiro atoms. The summed E-state index contributed by atoms with van der Waals surface area (Å²) in [5, 5.41) is 8.21. The van der Waals surface area contributed by atoms with Gasteiger partial charge in [0, 0.05) is 6.54 Å². The average Bonchev–Trinajstić information content (AvgIpc) is 2.58. The zero-order valence-corrected chi connectivity index (χ0v) is 7.58. The molecule has 2 rings (SSSR count). The van der Waals surface area contributed by atoms with Crippen molar-refractivity contribution < 1.29 is 4.52 Å². The molecule has 0 saturated heterocycles. The van der Waals surface area contributed by atoms with E-state index in [4.69, 9.17) is 4.52 Å². The number of hydrogen-bond acceptors (Lipinski definition) is 3. The highest BCUT2D eigenvalue weighted by Gasteiger charge is 2.04. The SMILES string of the molecule is CCCNc1noc2ccccc12. The molecule has 1 heterocycles. The summed E-state index contributed by atoms with van der Waals surface area (Å²) in [4.78, 5) is 0. The molecule has 0 aliphatic rings. The number of fused-ring (bicyclic) bond motifs is 1. The standard InChI is InChI=1S/C10H12N2O/c1-2-7-11-10-8-5-3-4-6-9(8)13-12-10/h3-6H,2,7H2,1H3,(H,11,12). The molecule has 68 valence electrons. The Balaban J connectivity index is 2.35. The van der Waals surface area contributed by atoms with Crippen molar-refractivity contribution in [1.29, 1.82) is 0 Å². The van der Waals surface area contributed by atoms with Gasteiger partial charge in [0.15, 0.2) is 11.4 Å². The summed E-state index contributed by atoms with van der Waals surface area (Å²) in [6.07, 6.45) is 1.08. The van der Waals surface area contributed by atoms with Crippen LogP contribution in [0, 0.1) is 0 Å². The maximum Gasteiger partial charge on any atom is 0.177 e. The lowest BCUT2D eigenvalue weighted by atomic mass is 10.2. The Bertz CT molecular complexity index is 394.